The van der Waals surface area contributed by atoms with Gasteiger partial charge in [-0.05, 0) is 46.1 Å². The molecule has 2 rings (SSSR count). The normalized spacial score (nSPS) is 11.2. The molecule has 0 saturated carbocycles. The van der Waals surface area contributed by atoms with Crippen LogP contribution in [0.25, 0.3) is 0 Å². The maximum absolute atomic E-state index is 12.1. The first kappa shape index (κ1) is 19.3. The van der Waals surface area contributed by atoms with E-state index in [1.54, 1.807) is 12.1 Å². The summed E-state index contributed by atoms with van der Waals surface area (Å²) >= 11 is 3.14. The van der Waals surface area contributed by atoms with Gasteiger partial charge in [0.05, 0.1) is 10.5 Å². The third-order valence-corrected chi connectivity index (χ3v) is 5.11. The Hall–Kier alpha value is -2.03. The van der Waals surface area contributed by atoms with E-state index in [9.17, 15) is 18.0 Å². The number of sulfonamides is 1. The monoisotopic (exact) mass is 425 g/mol. The molecule has 0 amide bonds. The summed E-state index contributed by atoms with van der Waals surface area (Å²) in [5.41, 5.74) is 1.50. The number of Topliss-reactive ketones (excluding diaryl/α,β-unsaturated/α-hetero) is 1. The zero-order chi connectivity index (χ0) is 18.6. The highest BCUT2D eigenvalue weighted by Gasteiger charge is 2.18. The number of benzene rings is 2. The van der Waals surface area contributed by atoms with Crippen LogP contribution in [0.3, 0.4) is 0 Å². The zero-order valence-electron chi connectivity index (χ0n) is 13.4. The fourth-order valence-corrected chi connectivity index (χ4v) is 3.00. The van der Waals surface area contributed by atoms with Crippen LogP contribution in [0.4, 0.5) is 0 Å². The molecule has 132 valence electrons. The van der Waals surface area contributed by atoms with E-state index < -0.39 is 22.6 Å². The number of hydrogen-bond donors (Lipinski definition) is 1. The Balaban J connectivity index is 2.10. The molecule has 0 fully saturated rings. The van der Waals surface area contributed by atoms with Crippen LogP contribution in [0.15, 0.2) is 51.8 Å². The van der Waals surface area contributed by atoms with Gasteiger partial charge in [0.1, 0.15) is 0 Å². The highest BCUT2D eigenvalue weighted by molar-refractivity contribution is 9.10. The largest absolute Gasteiger partial charge is 0.454 e. The van der Waals surface area contributed by atoms with Crippen LogP contribution in [-0.4, -0.2) is 26.8 Å². The minimum Gasteiger partial charge on any atom is -0.454 e. The van der Waals surface area contributed by atoms with E-state index in [0.29, 0.717) is 10.0 Å². The molecule has 0 aliphatic heterocycles. The molecule has 0 unspecified atom stereocenters. The van der Waals surface area contributed by atoms with Gasteiger partial charge in [-0.1, -0.05) is 31.2 Å². The second kappa shape index (κ2) is 7.90. The predicted octanol–water partition coefficient (Wildman–Crippen LogP) is 2.70. The average molecular weight is 426 g/mol. The van der Waals surface area contributed by atoms with Crippen molar-refractivity contribution in [3.63, 3.8) is 0 Å². The van der Waals surface area contributed by atoms with Gasteiger partial charge in [-0.15, -0.1) is 0 Å². The Morgan fingerprint density at radius 2 is 1.76 bits per heavy atom. The minimum atomic E-state index is -3.95. The summed E-state index contributed by atoms with van der Waals surface area (Å²) in [6.45, 7) is 1.56. The second-order valence-corrected chi connectivity index (χ2v) is 7.65. The van der Waals surface area contributed by atoms with Crippen LogP contribution in [-0.2, 0) is 21.2 Å². The molecule has 0 aliphatic rings. The molecule has 6 nitrogen and oxygen atoms in total. The van der Waals surface area contributed by atoms with Gasteiger partial charge >= 0.3 is 5.97 Å². The molecule has 8 heteroatoms. The lowest BCUT2D eigenvalue weighted by Crippen LogP contribution is -2.16. The van der Waals surface area contributed by atoms with Gasteiger partial charge in [0.2, 0.25) is 10.0 Å². The fourth-order valence-electron chi connectivity index (χ4n) is 2.06. The number of esters is 1. The van der Waals surface area contributed by atoms with E-state index >= 15 is 0 Å². The van der Waals surface area contributed by atoms with Gasteiger partial charge in [0.25, 0.3) is 0 Å². The molecule has 2 aromatic carbocycles. The van der Waals surface area contributed by atoms with E-state index in [-0.39, 0.29) is 16.2 Å². The van der Waals surface area contributed by atoms with Crippen LogP contribution in [0, 0.1) is 0 Å². The molecule has 0 aromatic heterocycles. The number of primary sulfonamides is 1. The van der Waals surface area contributed by atoms with Crippen molar-refractivity contribution in [1.29, 1.82) is 0 Å². The average Bonchev–Trinajstić information content (AvgIpc) is 2.58. The summed E-state index contributed by atoms with van der Waals surface area (Å²) in [6.07, 6.45) is 0.859. The van der Waals surface area contributed by atoms with Crippen molar-refractivity contribution in [2.75, 3.05) is 6.61 Å². The summed E-state index contributed by atoms with van der Waals surface area (Å²) in [7, 11) is -3.95. The summed E-state index contributed by atoms with van der Waals surface area (Å²) in [5.74, 6) is -1.18. The van der Waals surface area contributed by atoms with Crippen molar-refractivity contribution in [3.05, 3.63) is 63.6 Å². The number of aryl methyl sites for hydroxylation is 1. The van der Waals surface area contributed by atoms with Gasteiger partial charge in [-0.3, -0.25) is 4.79 Å². The zero-order valence-corrected chi connectivity index (χ0v) is 15.8. The molecule has 2 aromatic rings. The highest BCUT2D eigenvalue weighted by Crippen LogP contribution is 2.21. The Morgan fingerprint density at radius 3 is 2.32 bits per heavy atom. The Kier molecular flexibility index (Phi) is 6.10. The number of hydrogen-bond acceptors (Lipinski definition) is 5. The van der Waals surface area contributed by atoms with Crippen molar-refractivity contribution in [3.8, 4) is 0 Å². The quantitative estimate of drug-likeness (QED) is 0.565. The number of halogens is 1. The number of carbonyl (C=O) groups excluding carboxylic acids is 2. The van der Waals surface area contributed by atoms with Gasteiger partial charge in [0.15, 0.2) is 12.4 Å². The first-order chi connectivity index (χ1) is 11.7. The number of carbonyl (C=O) groups is 2. The molecular weight excluding hydrogens is 410 g/mol. The molecular formula is C17H16BrNO5S. The van der Waals surface area contributed by atoms with E-state index in [1.165, 1.54) is 12.1 Å². The van der Waals surface area contributed by atoms with Crippen molar-refractivity contribution < 1.29 is 22.7 Å². The van der Waals surface area contributed by atoms with Crippen molar-refractivity contribution in [1.82, 2.24) is 0 Å². The molecule has 0 heterocycles. The molecule has 0 bridgehead atoms. The van der Waals surface area contributed by atoms with Gasteiger partial charge < -0.3 is 4.74 Å². The summed E-state index contributed by atoms with van der Waals surface area (Å²) < 4.78 is 28.1. The molecule has 0 saturated heterocycles. The van der Waals surface area contributed by atoms with Crippen molar-refractivity contribution in [2.45, 2.75) is 18.2 Å². The maximum atomic E-state index is 12.1. The van der Waals surface area contributed by atoms with Crippen LogP contribution in [0.1, 0.15) is 33.2 Å². The van der Waals surface area contributed by atoms with Crippen LogP contribution >= 0.6 is 15.9 Å². The summed E-state index contributed by atoms with van der Waals surface area (Å²) in [4.78, 5) is 24.0. The first-order valence-corrected chi connectivity index (χ1v) is 9.68. The number of rotatable bonds is 6. The lowest BCUT2D eigenvalue weighted by molar-refractivity contribution is 0.0473. The Bertz CT molecular complexity index is 907. The Morgan fingerprint density at radius 1 is 1.12 bits per heavy atom. The van der Waals surface area contributed by atoms with Crippen molar-refractivity contribution >= 4 is 37.7 Å². The minimum absolute atomic E-state index is 0.0272. The molecule has 0 radical (unpaired) electrons. The van der Waals surface area contributed by atoms with E-state index in [4.69, 9.17) is 9.88 Å². The maximum Gasteiger partial charge on any atom is 0.339 e. The smallest absolute Gasteiger partial charge is 0.339 e. The summed E-state index contributed by atoms with van der Waals surface area (Å²) in [5, 5.41) is 5.05. The standard InChI is InChI=1S/C17H16BrNO5S/c1-2-11-3-5-12(6-4-11)16(20)10-24-17(21)14-9-13(25(19,22)23)7-8-15(14)18/h3-9H,2,10H2,1H3,(H2,19,22,23). The highest BCUT2D eigenvalue weighted by atomic mass is 79.9. The molecule has 0 atom stereocenters. The Labute approximate surface area is 154 Å². The van der Waals surface area contributed by atoms with Gasteiger partial charge in [0, 0.05) is 10.0 Å². The van der Waals surface area contributed by atoms with Crippen LogP contribution < -0.4 is 5.14 Å². The predicted molar refractivity (Wildman–Crippen MR) is 95.9 cm³/mol. The fraction of sp³-hybridized carbons (Fsp3) is 0.176. The van der Waals surface area contributed by atoms with Crippen LogP contribution in [0.5, 0.6) is 0 Å². The summed E-state index contributed by atoms with van der Waals surface area (Å²) in [6, 6.07) is 10.8. The lowest BCUT2D eigenvalue weighted by Gasteiger charge is -2.08. The van der Waals surface area contributed by atoms with Gasteiger partial charge in [-0.2, -0.15) is 0 Å². The number of ether oxygens (including phenoxy) is 1. The topological polar surface area (TPSA) is 104 Å². The molecule has 25 heavy (non-hydrogen) atoms. The van der Waals surface area contributed by atoms with E-state index in [1.807, 2.05) is 19.1 Å². The third kappa shape index (κ3) is 4.97. The third-order valence-electron chi connectivity index (χ3n) is 3.50. The first-order valence-electron chi connectivity index (χ1n) is 7.34. The number of ketones is 1. The molecule has 0 spiro atoms. The molecule has 2 N–H and O–H groups in total. The number of nitrogens with two attached hydrogens (primary N) is 1. The van der Waals surface area contributed by atoms with Gasteiger partial charge in [-0.25, -0.2) is 18.4 Å². The van der Waals surface area contributed by atoms with Crippen LogP contribution in [0.2, 0.25) is 0 Å². The van der Waals surface area contributed by atoms with Crippen molar-refractivity contribution in [2.24, 2.45) is 5.14 Å². The van der Waals surface area contributed by atoms with E-state index in [2.05, 4.69) is 15.9 Å². The SMILES string of the molecule is CCc1ccc(C(=O)COC(=O)c2cc(S(N)(=O)=O)ccc2Br)cc1. The second-order valence-electron chi connectivity index (χ2n) is 5.24. The lowest BCUT2D eigenvalue weighted by atomic mass is 10.1. The molecule has 0 aliphatic carbocycles. The van der Waals surface area contributed by atoms with E-state index in [0.717, 1.165) is 18.1 Å².